The number of carbonyl (C=O) groups excluding carboxylic acids is 2. The number of hydrogen-bond acceptors (Lipinski definition) is 5. The fraction of sp³-hybridized carbons (Fsp3) is 0.464. The average Bonchev–Trinajstić information content (AvgIpc) is 3.51. The number of carbonyl (C=O) groups is 2. The van der Waals surface area contributed by atoms with Crippen molar-refractivity contribution in [2.45, 2.75) is 58.5 Å². The molecule has 1 unspecified atom stereocenters. The van der Waals surface area contributed by atoms with Gasteiger partial charge in [-0.15, -0.1) is 32.3 Å². The number of guanidine groups is 1. The summed E-state index contributed by atoms with van der Waals surface area (Å²) in [6.07, 6.45) is 19.6. The number of hydrogen-bond donors (Lipinski definition) is 2. The summed E-state index contributed by atoms with van der Waals surface area (Å²) in [7, 11) is 0. The predicted octanol–water partition coefficient (Wildman–Crippen LogP) is 3.67. The molecule has 0 spiro atoms. The molecule has 1 aromatic carbocycles. The van der Waals surface area contributed by atoms with E-state index in [1.165, 1.54) is 0 Å². The van der Waals surface area contributed by atoms with Crippen LogP contribution in [0.1, 0.15) is 58.6 Å². The summed E-state index contributed by atoms with van der Waals surface area (Å²) in [5, 5.41) is 3.18. The number of nitrogens with one attached hydrogen (secondary N) is 1. The first kappa shape index (κ1) is 29.3. The predicted molar refractivity (Wildman–Crippen MR) is 141 cm³/mol. The summed E-state index contributed by atoms with van der Waals surface area (Å²) in [6.45, 7) is 12.1. The zero-order valence-corrected chi connectivity index (χ0v) is 21.3. The van der Waals surface area contributed by atoms with Crippen molar-refractivity contribution in [3.63, 3.8) is 0 Å². The Balaban J connectivity index is 0.000000797. The van der Waals surface area contributed by atoms with Crippen LogP contribution >= 0.6 is 0 Å². The van der Waals surface area contributed by atoms with Crippen LogP contribution in [0.4, 0.5) is 0 Å². The molecule has 3 atom stereocenters. The molecule has 1 fully saturated rings. The number of aliphatic imine (C=N–C) groups is 1. The number of terminal acetylenes is 2. The molecule has 1 aliphatic carbocycles. The Morgan fingerprint density at radius 2 is 1.89 bits per heavy atom. The summed E-state index contributed by atoms with van der Waals surface area (Å²) in [5.41, 5.74) is 6.33. The molecule has 1 saturated carbocycles. The highest BCUT2D eigenvalue weighted by molar-refractivity contribution is 5.99. The molecule has 0 aromatic heterocycles. The Morgan fingerprint density at radius 1 is 1.29 bits per heavy atom. The molecule has 4 rings (SSSR count). The second-order valence-corrected chi connectivity index (χ2v) is 9.49. The molecule has 2 aliphatic heterocycles. The Bertz CT molecular complexity index is 973. The molecule has 3 N–H and O–H groups in total. The standard InChI is InChI=1S/C21H28N4O3.C3H6.2C2H2/c1-20(2)11-17(26)25(19(22)24-20)12-21(3)10-14(21)18(27)23-15-8-9-28-16-7-5-4-6-13(15)16;1-3-2;2*1-2/h4-7,14-15H,8-12H2,1-3H3,(H2,22,24)(H,23,27);3H,1H2,2H3;2*1-2H/t14?,15-,21+;;;/m0.../s1. The number of rotatable bonds is 4. The highest BCUT2D eigenvalue weighted by atomic mass is 16.5. The lowest BCUT2D eigenvalue weighted by Crippen LogP contribution is -2.51. The van der Waals surface area contributed by atoms with E-state index < -0.39 is 5.54 Å². The largest absolute Gasteiger partial charge is 0.493 e. The molecule has 3 aliphatic rings. The molecule has 0 radical (unpaired) electrons. The monoisotopic (exact) mass is 478 g/mol. The van der Waals surface area contributed by atoms with E-state index in [0.717, 1.165) is 24.2 Å². The van der Waals surface area contributed by atoms with Crippen LogP contribution in [-0.4, -0.2) is 41.4 Å². The fourth-order valence-corrected chi connectivity index (χ4v) is 4.29. The number of allylic oxidation sites excluding steroid dienone is 1. The fourth-order valence-electron chi connectivity index (χ4n) is 4.29. The maximum Gasteiger partial charge on any atom is 0.231 e. The molecule has 188 valence electrons. The first-order valence-corrected chi connectivity index (χ1v) is 11.5. The summed E-state index contributed by atoms with van der Waals surface area (Å²) in [4.78, 5) is 31.4. The summed E-state index contributed by atoms with van der Waals surface area (Å²) in [5.74, 6) is 0.973. The number of nitrogens with two attached hydrogens (primary N) is 1. The third-order valence-corrected chi connectivity index (χ3v) is 6.04. The first-order valence-electron chi connectivity index (χ1n) is 11.5. The number of nitrogens with zero attached hydrogens (tertiary/aromatic N) is 2. The quantitative estimate of drug-likeness (QED) is 0.510. The van der Waals surface area contributed by atoms with Gasteiger partial charge in [-0.3, -0.25) is 14.5 Å². The van der Waals surface area contributed by atoms with Crippen LogP contribution < -0.4 is 15.8 Å². The normalized spacial score (nSPS) is 25.1. The van der Waals surface area contributed by atoms with Crippen LogP contribution in [0, 0.1) is 37.0 Å². The zero-order chi connectivity index (χ0) is 26.8. The van der Waals surface area contributed by atoms with Crippen molar-refractivity contribution >= 4 is 17.8 Å². The van der Waals surface area contributed by atoms with Crippen molar-refractivity contribution in [1.29, 1.82) is 0 Å². The highest BCUT2D eigenvalue weighted by Crippen LogP contribution is 2.53. The van der Waals surface area contributed by atoms with Crippen molar-refractivity contribution in [2.75, 3.05) is 13.2 Å². The third-order valence-electron chi connectivity index (χ3n) is 6.04. The van der Waals surface area contributed by atoms with Crippen LogP contribution in [0.15, 0.2) is 41.9 Å². The molecule has 2 heterocycles. The topological polar surface area (TPSA) is 97.0 Å². The minimum absolute atomic E-state index is 0.0249. The van der Waals surface area contributed by atoms with Crippen molar-refractivity contribution < 1.29 is 14.3 Å². The van der Waals surface area contributed by atoms with E-state index >= 15 is 0 Å². The summed E-state index contributed by atoms with van der Waals surface area (Å²) in [6, 6.07) is 7.78. The van der Waals surface area contributed by atoms with Crippen LogP contribution in [0.5, 0.6) is 5.75 Å². The van der Waals surface area contributed by atoms with Crippen molar-refractivity contribution in [3.05, 3.63) is 42.5 Å². The van der Waals surface area contributed by atoms with Crippen molar-refractivity contribution in [1.82, 2.24) is 10.2 Å². The van der Waals surface area contributed by atoms with Gasteiger partial charge < -0.3 is 15.8 Å². The van der Waals surface area contributed by atoms with Crippen molar-refractivity contribution in [2.24, 2.45) is 22.1 Å². The van der Waals surface area contributed by atoms with E-state index in [2.05, 4.69) is 42.6 Å². The lowest BCUT2D eigenvalue weighted by atomic mass is 9.97. The lowest BCUT2D eigenvalue weighted by molar-refractivity contribution is -0.130. The summed E-state index contributed by atoms with van der Waals surface area (Å²) >= 11 is 0. The molecular formula is C28H38N4O3. The Morgan fingerprint density at radius 3 is 2.49 bits per heavy atom. The van der Waals surface area contributed by atoms with E-state index in [1.807, 2.05) is 52.0 Å². The van der Waals surface area contributed by atoms with E-state index in [1.54, 1.807) is 11.0 Å². The third kappa shape index (κ3) is 7.39. The minimum Gasteiger partial charge on any atom is -0.493 e. The molecule has 7 nitrogen and oxygen atoms in total. The lowest BCUT2D eigenvalue weighted by Gasteiger charge is -2.34. The van der Waals surface area contributed by atoms with Crippen LogP contribution in [0.25, 0.3) is 0 Å². The maximum atomic E-state index is 12.9. The van der Waals surface area contributed by atoms with Crippen molar-refractivity contribution in [3.8, 4) is 31.4 Å². The van der Waals surface area contributed by atoms with Gasteiger partial charge in [0.1, 0.15) is 5.75 Å². The molecule has 0 saturated heterocycles. The number of fused-ring (bicyclic) bond motifs is 1. The molecule has 2 amide bonds. The molecule has 1 aromatic rings. The van der Waals surface area contributed by atoms with Gasteiger partial charge in [0.25, 0.3) is 0 Å². The smallest absolute Gasteiger partial charge is 0.231 e. The van der Waals surface area contributed by atoms with Gasteiger partial charge in [0.2, 0.25) is 11.8 Å². The van der Waals surface area contributed by atoms with E-state index in [0.29, 0.717) is 19.6 Å². The van der Waals surface area contributed by atoms with Gasteiger partial charge >= 0.3 is 0 Å². The van der Waals surface area contributed by atoms with Gasteiger partial charge in [0.15, 0.2) is 5.96 Å². The molecule has 35 heavy (non-hydrogen) atoms. The van der Waals surface area contributed by atoms with E-state index in [-0.39, 0.29) is 35.1 Å². The van der Waals surface area contributed by atoms with Gasteiger partial charge in [-0.2, -0.15) is 0 Å². The molecule has 7 heteroatoms. The van der Waals surface area contributed by atoms with Gasteiger partial charge in [0.05, 0.1) is 24.6 Å². The molecule has 0 bridgehead atoms. The molecular weight excluding hydrogens is 440 g/mol. The maximum absolute atomic E-state index is 12.9. The summed E-state index contributed by atoms with van der Waals surface area (Å²) < 4.78 is 5.67. The number of benzene rings is 1. The minimum atomic E-state index is -0.463. The highest BCUT2D eigenvalue weighted by Gasteiger charge is 2.56. The van der Waals surface area contributed by atoms with Crippen LogP contribution in [0.2, 0.25) is 0 Å². The number of amides is 2. The Hall–Kier alpha value is -3.71. The second kappa shape index (κ2) is 12.7. The van der Waals surface area contributed by atoms with Gasteiger partial charge in [0, 0.05) is 24.4 Å². The Kier molecular flexibility index (Phi) is 10.6. The van der Waals surface area contributed by atoms with Gasteiger partial charge in [-0.05, 0) is 38.7 Å². The zero-order valence-electron chi connectivity index (χ0n) is 21.3. The van der Waals surface area contributed by atoms with Gasteiger partial charge in [-0.25, -0.2) is 4.99 Å². The van der Waals surface area contributed by atoms with E-state index in [9.17, 15) is 9.59 Å². The Labute approximate surface area is 210 Å². The average molecular weight is 479 g/mol. The SMILES string of the molecule is C#C.C#C.C=CC.CC1(C)CC(=O)N(C[C@@]2(C)CC2C(=O)N[C@H]2CCOc3ccccc32)C(N)=N1. The van der Waals surface area contributed by atoms with Crippen LogP contribution in [0.3, 0.4) is 0 Å². The van der Waals surface area contributed by atoms with Gasteiger partial charge in [-0.1, -0.05) is 31.2 Å². The number of ether oxygens (including phenoxy) is 1. The van der Waals surface area contributed by atoms with Crippen LogP contribution in [-0.2, 0) is 9.59 Å². The first-order chi connectivity index (χ1) is 16.6. The second-order valence-electron chi connectivity index (χ2n) is 9.49. The van der Waals surface area contributed by atoms with E-state index in [4.69, 9.17) is 10.5 Å². The number of para-hydroxylation sites is 1.